The van der Waals surface area contributed by atoms with Gasteiger partial charge in [0.1, 0.15) is 11.6 Å². The summed E-state index contributed by atoms with van der Waals surface area (Å²) < 4.78 is 53.7. The molecule has 21 heavy (non-hydrogen) atoms. The summed E-state index contributed by atoms with van der Waals surface area (Å²) in [6.45, 7) is 1.68. The molecule has 0 saturated carbocycles. The second-order valence-corrected chi connectivity index (χ2v) is 6.65. The van der Waals surface area contributed by atoms with Gasteiger partial charge in [-0.1, -0.05) is 0 Å². The molecule has 1 saturated heterocycles. The lowest BCUT2D eigenvalue weighted by Gasteiger charge is -2.22. The molecule has 114 valence electrons. The Bertz CT molecular complexity index is 641. The highest BCUT2D eigenvalue weighted by atomic mass is 32.2. The zero-order chi connectivity index (χ0) is 15.5. The van der Waals surface area contributed by atoms with Crippen LogP contribution >= 0.6 is 0 Å². The zero-order valence-corrected chi connectivity index (χ0v) is 12.0. The molecule has 0 bridgehead atoms. The minimum absolute atomic E-state index is 0.0954. The fourth-order valence-electron chi connectivity index (χ4n) is 2.28. The van der Waals surface area contributed by atoms with Gasteiger partial charge in [0, 0.05) is 6.54 Å². The molecular weight excluding hydrogens is 300 g/mol. The molecule has 1 unspecified atom stereocenters. The van der Waals surface area contributed by atoms with E-state index in [-0.39, 0.29) is 18.0 Å². The van der Waals surface area contributed by atoms with Gasteiger partial charge in [0.15, 0.2) is 4.90 Å². The number of halogens is 2. The monoisotopic (exact) mass is 315 g/mol. The molecule has 8 heteroatoms. The Morgan fingerprint density at radius 3 is 2.57 bits per heavy atom. The van der Waals surface area contributed by atoms with Crippen LogP contribution in [0.2, 0.25) is 0 Å². The van der Waals surface area contributed by atoms with Crippen molar-refractivity contribution < 1.29 is 17.2 Å². The van der Waals surface area contributed by atoms with Gasteiger partial charge in [-0.15, -0.1) is 0 Å². The van der Waals surface area contributed by atoms with Gasteiger partial charge < -0.3 is 5.32 Å². The van der Waals surface area contributed by atoms with Crippen LogP contribution in [0.1, 0.15) is 18.4 Å². The lowest BCUT2D eigenvalue weighted by atomic mass is 10.0. The third-order valence-corrected chi connectivity index (χ3v) is 4.83. The van der Waals surface area contributed by atoms with Crippen molar-refractivity contribution in [3.05, 3.63) is 29.3 Å². The predicted octanol–water partition coefficient (Wildman–Crippen LogP) is 1.11. The van der Waals surface area contributed by atoms with E-state index in [9.17, 15) is 17.2 Å². The summed E-state index contributed by atoms with van der Waals surface area (Å²) in [5, 5.41) is 11.7. The van der Waals surface area contributed by atoms with E-state index in [1.54, 1.807) is 6.07 Å². The number of sulfonamides is 1. The Morgan fingerprint density at radius 2 is 2.05 bits per heavy atom. The van der Waals surface area contributed by atoms with E-state index in [1.165, 1.54) is 0 Å². The van der Waals surface area contributed by atoms with E-state index < -0.39 is 26.6 Å². The van der Waals surface area contributed by atoms with Gasteiger partial charge in [-0.05, 0) is 44.0 Å². The fraction of sp³-hybridized carbons (Fsp3) is 0.462. The van der Waals surface area contributed by atoms with E-state index in [1.807, 2.05) is 0 Å². The van der Waals surface area contributed by atoms with Gasteiger partial charge in [0.2, 0.25) is 10.0 Å². The number of benzene rings is 1. The van der Waals surface area contributed by atoms with Crippen LogP contribution in [-0.4, -0.2) is 28.1 Å². The number of rotatable bonds is 4. The predicted molar refractivity (Wildman–Crippen MR) is 71.9 cm³/mol. The summed E-state index contributed by atoms with van der Waals surface area (Å²) in [5.74, 6) is -2.43. The summed E-state index contributed by atoms with van der Waals surface area (Å²) in [7, 11) is -4.28. The smallest absolute Gasteiger partial charge is 0.246 e. The average Bonchev–Trinajstić information content (AvgIpc) is 2.45. The largest absolute Gasteiger partial charge is 0.316 e. The Morgan fingerprint density at radius 1 is 1.38 bits per heavy atom. The number of hydrogen-bond donors (Lipinski definition) is 2. The van der Waals surface area contributed by atoms with Crippen molar-refractivity contribution in [3.63, 3.8) is 0 Å². The van der Waals surface area contributed by atoms with Gasteiger partial charge >= 0.3 is 0 Å². The second-order valence-electron chi connectivity index (χ2n) is 4.95. The van der Waals surface area contributed by atoms with E-state index >= 15 is 0 Å². The summed E-state index contributed by atoms with van der Waals surface area (Å²) in [6, 6.07) is 2.98. The van der Waals surface area contributed by atoms with E-state index in [4.69, 9.17) is 5.26 Å². The second kappa shape index (κ2) is 6.47. The first-order valence-electron chi connectivity index (χ1n) is 6.53. The maximum Gasteiger partial charge on any atom is 0.246 e. The van der Waals surface area contributed by atoms with Crippen LogP contribution < -0.4 is 10.0 Å². The van der Waals surface area contributed by atoms with Crippen LogP contribution in [0.15, 0.2) is 17.0 Å². The molecule has 1 atom stereocenters. The lowest BCUT2D eigenvalue weighted by Crippen LogP contribution is -2.38. The van der Waals surface area contributed by atoms with Crippen molar-refractivity contribution >= 4 is 10.0 Å². The molecule has 1 heterocycles. The molecule has 1 aromatic rings. The minimum Gasteiger partial charge on any atom is -0.316 e. The molecular formula is C13H15F2N3O2S. The quantitative estimate of drug-likeness (QED) is 0.872. The van der Waals surface area contributed by atoms with E-state index in [2.05, 4.69) is 10.0 Å². The highest BCUT2D eigenvalue weighted by Gasteiger charge is 2.26. The Labute approximate surface area is 122 Å². The van der Waals surface area contributed by atoms with Crippen molar-refractivity contribution in [1.82, 2.24) is 10.0 Å². The first kappa shape index (κ1) is 15.8. The van der Waals surface area contributed by atoms with Gasteiger partial charge in [-0.2, -0.15) is 5.26 Å². The standard InChI is InChI=1S/C13H15F2N3O2S/c14-11-4-10(6-16)5-12(15)13(11)21(19,20)18-8-9-2-1-3-17-7-9/h4-5,9,17-18H,1-3,7-8H2. The minimum atomic E-state index is -4.28. The van der Waals surface area contributed by atoms with Gasteiger partial charge in [0.05, 0.1) is 11.6 Å². The third kappa shape index (κ3) is 3.75. The molecule has 1 aliphatic rings. The maximum absolute atomic E-state index is 13.7. The SMILES string of the molecule is N#Cc1cc(F)c(S(=O)(=O)NCC2CCCNC2)c(F)c1. The van der Waals surface area contributed by atoms with E-state index in [0.717, 1.165) is 19.4 Å². The van der Waals surface area contributed by atoms with Crippen LogP contribution in [0.3, 0.4) is 0 Å². The topological polar surface area (TPSA) is 82.0 Å². The number of nitriles is 1. The number of hydrogen-bond acceptors (Lipinski definition) is 4. The molecule has 2 rings (SSSR count). The van der Waals surface area contributed by atoms with Gasteiger partial charge in [0.25, 0.3) is 0 Å². The van der Waals surface area contributed by atoms with Crippen LogP contribution in [0, 0.1) is 28.9 Å². The zero-order valence-electron chi connectivity index (χ0n) is 11.2. The van der Waals surface area contributed by atoms with Crippen molar-refractivity contribution in [1.29, 1.82) is 5.26 Å². The molecule has 0 amide bonds. The van der Waals surface area contributed by atoms with Crippen LogP contribution in [-0.2, 0) is 10.0 Å². The van der Waals surface area contributed by atoms with Crippen molar-refractivity contribution in [2.75, 3.05) is 19.6 Å². The Balaban J connectivity index is 2.17. The highest BCUT2D eigenvalue weighted by Crippen LogP contribution is 2.20. The Hall–Kier alpha value is -1.56. The van der Waals surface area contributed by atoms with Crippen molar-refractivity contribution in [3.8, 4) is 6.07 Å². The first-order chi connectivity index (χ1) is 9.94. The van der Waals surface area contributed by atoms with Crippen molar-refractivity contribution in [2.24, 2.45) is 5.92 Å². The number of nitrogens with one attached hydrogen (secondary N) is 2. The van der Waals surface area contributed by atoms with Crippen LogP contribution in [0.25, 0.3) is 0 Å². The Kier molecular flexibility index (Phi) is 4.88. The summed E-state index contributed by atoms with van der Waals surface area (Å²) in [4.78, 5) is -1.04. The molecule has 0 radical (unpaired) electrons. The molecule has 5 nitrogen and oxygen atoms in total. The van der Waals surface area contributed by atoms with Gasteiger partial charge in [-0.25, -0.2) is 21.9 Å². The average molecular weight is 315 g/mol. The van der Waals surface area contributed by atoms with Crippen LogP contribution in [0.5, 0.6) is 0 Å². The molecule has 1 aliphatic heterocycles. The third-order valence-electron chi connectivity index (χ3n) is 3.36. The van der Waals surface area contributed by atoms with Gasteiger partial charge in [-0.3, -0.25) is 0 Å². The molecule has 0 aromatic heterocycles. The number of piperidine rings is 1. The molecule has 1 fully saturated rings. The molecule has 0 aliphatic carbocycles. The summed E-state index contributed by atoms with van der Waals surface area (Å²) in [6.07, 6.45) is 1.79. The lowest BCUT2D eigenvalue weighted by molar-refractivity contribution is 0.375. The molecule has 2 N–H and O–H groups in total. The fourth-order valence-corrected chi connectivity index (χ4v) is 3.51. The normalized spacial score (nSPS) is 19.2. The number of nitrogens with zero attached hydrogens (tertiary/aromatic N) is 1. The summed E-state index contributed by atoms with van der Waals surface area (Å²) >= 11 is 0. The maximum atomic E-state index is 13.7. The van der Waals surface area contributed by atoms with Crippen LogP contribution in [0.4, 0.5) is 8.78 Å². The molecule has 0 spiro atoms. The molecule has 1 aromatic carbocycles. The van der Waals surface area contributed by atoms with E-state index in [0.29, 0.717) is 18.7 Å². The van der Waals surface area contributed by atoms with Crippen molar-refractivity contribution in [2.45, 2.75) is 17.7 Å². The summed E-state index contributed by atoms with van der Waals surface area (Å²) in [5.41, 5.74) is -0.263. The first-order valence-corrected chi connectivity index (χ1v) is 8.02. The highest BCUT2D eigenvalue weighted by molar-refractivity contribution is 7.89.